The smallest absolute Gasteiger partial charge is 0.355 e. The van der Waals surface area contributed by atoms with Crippen LogP contribution in [-0.4, -0.2) is 23.5 Å². The van der Waals surface area contributed by atoms with Crippen molar-refractivity contribution in [1.82, 2.24) is 4.98 Å². The van der Waals surface area contributed by atoms with Crippen molar-refractivity contribution in [2.45, 2.75) is 0 Å². The lowest BCUT2D eigenvalue weighted by Gasteiger charge is -2.08. The van der Waals surface area contributed by atoms with Gasteiger partial charge in [-0.25, -0.2) is 18.0 Å². The second kappa shape index (κ2) is 7.32. The number of rotatable bonds is 4. The van der Waals surface area contributed by atoms with Gasteiger partial charge in [-0.15, -0.1) is 0 Å². The minimum Gasteiger partial charge on any atom is -0.451 e. The number of halogens is 3. The van der Waals surface area contributed by atoms with Gasteiger partial charge >= 0.3 is 5.97 Å². The number of anilines is 1. The standard InChI is InChI=1S/C18H11F3N2O4/c19-10-5-6-12(17(21)16(10)20)23-15(25)8-27-18(26)13-7-14(24)9-3-1-2-4-11(9)22-13/h1-7H,8H2,(H,22,24)(H,23,25). The molecule has 0 aliphatic carbocycles. The third-order valence-electron chi connectivity index (χ3n) is 3.60. The highest BCUT2D eigenvalue weighted by Crippen LogP contribution is 2.19. The number of hydrogen-bond acceptors (Lipinski definition) is 4. The summed E-state index contributed by atoms with van der Waals surface area (Å²) in [6.45, 7) is -0.827. The maximum absolute atomic E-state index is 13.5. The molecule has 0 atom stereocenters. The summed E-state index contributed by atoms with van der Waals surface area (Å²) in [5.74, 6) is -6.68. The van der Waals surface area contributed by atoms with Gasteiger partial charge in [0.2, 0.25) is 0 Å². The minimum absolute atomic E-state index is 0.175. The molecule has 0 spiro atoms. The summed E-state index contributed by atoms with van der Waals surface area (Å²) in [7, 11) is 0. The molecule has 9 heteroatoms. The summed E-state index contributed by atoms with van der Waals surface area (Å²) >= 11 is 0. The van der Waals surface area contributed by atoms with Crippen LogP contribution in [0.3, 0.4) is 0 Å². The second-order valence-corrected chi connectivity index (χ2v) is 5.44. The number of fused-ring (bicyclic) bond motifs is 1. The highest BCUT2D eigenvalue weighted by Gasteiger charge is 2.17. The third-order valence-corrected chi connectivity index (χ3v) is 3.60. The van der Waals surface area contributed by atoms with Gasteiger partial charge in [0.05, 0.1) is 5.69 Å². The number of aromatic amines is 1. The highest BCUT2D eigenvalue weighted by molar-refractivity contribution is 5.95. The lowest BCUT2D eigenvalue weighted by Crippen LogP contribution is -2.22. The number of ether oxygens (including phenoxy) is 1. The number of pyridine rings is 1. The molecule has 1 aromatic heterocycles. The molecule has 138 valence electrons. The number of para-hydroxylation sites is 1. The molecule has 3 aromatic rings. The fourth-order valence-corrected chi connectivity index (χ4v) is 2.32. The molecule has 0 unspecified atom stereocenters. The average Bonchev–Trinajstić information content (AvgIpc) is 2.66. The Morgan fingerprint density at radius 2 is 1.78 bits per heavy atom. The van der Waals surface area contributed by atoms with Gasteiger partial charge in [-0.2, -0.15) is 0 Å². The van der Waals surface area contributed by atoms with Crippen molar-refractivity contribution in [3.63, 3.8) is 0 Å². The van der Waals surface area contributed by atoms with Crippen molar-refractivity contribution in [2.75, 3.05) is 11.9 Å². The van der Waals surface area contributed by atoms with Gasteiger partial charge < -0.3 is 15.0 Å². The van der Waals surface area contributed by atoms with E-state index in [1.165, 1.54) is 0 Å². The van der Waals surface area contributed by atoms with Gasteiger partial charge in [0.1, 0.15) is 5.69 Å². The van der Waals surface area contributed by atoms with E-state index >= 15 is 0 Å². The topological polar surface area (TPSA) is 88.3 Å². The first kappa shape index (κ1) is 18.2. The van der Waals surface area contributed by atoms with Gasteiger partial charge in [0.15, 0.2) is 29.5 Å². The van der Waals surface area contributed by atoms with E-state index in [1.807, 2.05) is 5.32 Å². The fraction of sp³-hybridized carbons (Fsp3) is 0.0556. The molecule has 27 heavy (non-hydrogen) atoms. The zero-order valence-corrected chi connectivity index (χ0v) is 13.5. The number of esters is 1. The molecule has 0 saturated carbocycles. The van der Waals surface area contributed by atoms with E-state index in [0.717, 1.165) is 12.1 Å². The largest absolute Gasteiger partial charge is 0.451 e. The average molecular weight is 376 g/mol. The molecule has 2 aromatic carbocycles. The first-order chi connectivity index (χ1) is 12.9. The monoisotopic (exact) mass is 376 g/mol. The second-order valence-electron chi connectivity index (χ2n) is 5.44. The Labute approximate surface area is 149 Å². The van der Waals surface area contributed by atoms with Crippen molar-refractivity contribution in [3.05, 3.63) is 75.8 Å². The van der Waals surface area contributed by atoms with Crippen molar-refractivity contribution in [3.8, 4) is 0 Å². The first-order valence-electron chi connectivity index (χ1n) is 7.59. The summed E-state index contributed by atoms with van der Waals surface area (Å²) in [6.07, 6.45) is 0. The molecule has 3 rings (SSSR count). The molecule has 0 saturated heterocycles. The molecule has 1 amide bonds. The quantitative estimate of drug-likeness (QED) is 0.541. The number of carbonyl (C=O) groups is 2. The predicted octanol–water partition coefficient (Wildman–Crippen LogP) is 2.74. The van der Waals surface area contributed by atoms with Crippen LogP contribution in [0, 0.1) is 17.5 Å². The Kier molecular flexibility index (Phi) is 4.93. The van der Waals surface area contributed by atoms with E-state index in [-0.39, 0.29) is 5.69 Å². The molecule has 1 heterocycles. The Hall–Kier alpha value is -3.62. The molecule has 0 radical (unpaired) electrons. The van der Waals surface area contributed by atoms with Crippen LogP contribution in [0.2, 0.25) is 0 Å². The summed E-state index contributed by atoms with van der Waals surface area (Å²) in [5, 5.41) is 2.33. The lowest BCUT2D eigenvalue weighted by atomic mass is 10.2. The number of nitrogens with one attached hydrogen (secondary N) is 2. The van der Waals surface area contributed by atoms with Crippen LogP contribution in [0.1, 0.15) is 10.5 Å². The van der Waals surface area contributed by atoms with E-state index in [2.05, 4.69) is 4.98 Å². The van der Waals surface area contributed by atoms with Gasteiger partial charge in [0, 0.05) is 17.0 Å². The van der Waals surface area contributed by atoms with Gasteiger partial charge in [-0.1, -0.05) is 12.1 Å². The van der Waals surface area contributed by atoms with Crippen molar-refractivity contribution in [2.24, 2.45) is 0 Å². The van der Waals surface area contributed by atoms with Crippen LogP contribution >= 0.6 is 0 Å². The first-order valence-corrected chi connectivity index (χ1v) is 7.59. The third kappa shape index (κ3) is 3.81. The molecule has 0 bridgehead atoms. The predicted molar refractivity (Wildman–Crippen MR) is 89.8 cm³/mol. The molecule has 0 aliphatic heterocycles. The van der Waals surface area contributed by atoms with Crippen LogP contribution in [-0.2, 0) is 9.53 Å². The molecule has 0 fully saturated rings. The summed E-state index contributed by atoms with van der Waals surface area (Å²) < 4.78 is 44.2. The van der Waals surface area contributed by atoms with Crippen molar-refractivity contribution >= 4 is 28.5 Å². The summed E-state index contributed by atoms with van der Waals surface area (Å²) in [6, 6.07) is 8.99. The van der Waals surface area contributed by atoms with E-state index in [4.69, 9.17) is 4.74 Å². The van der Waals surface area contributed by atoms with Gasteiger partial charge in [-0.3, -0.25) is 9.59 Å². The van der Waals surface area contributed by atoms with Crippen molar-refractivity contribution < 1.29 is 27.5 Å². The Balaban J connectivity index is 1.68. The van der Waals surface area contributed by atoms with Crippen LogP contribution in [0.5, 0.6) is 0 Å². The Morgan fingerprint density at radius 3 is 2.56 bits per heavy atom. The number of carbonyl (C=O) groups excluding carboxylic acids is 2. The maximum Gasteiger partial charge on any atom is 0.355 e. The number of benzene rings is 2. The van der Waals surface area contributed by atoms with Crippen LogP contribution in [0.25, 0.3) is 10.9 Å². The number of hydrogen-bond donors (Lipinski definition) is 2. The van der Waals surface area contributed by atoms with E-state index in [9.17, 15) is 27.6 Å². The molecular weight excluding hydrogens is 365 g/mol. The SMILES string of the molecule is O=C(COC(=O)c1cc(=O)c2ccccc2[nH]1)Nc1ccc(F)c(F)c1F. The van der Waals surface area contributed by atoms with E-state index in [0.29, 0.717) is 17.0 Å². The lowest BCUT2D eigenvalue weighted by molar-refractivity contribution is -0.119. The molecule has 2 N–H and O–H groups in total. The Morgan fingerprint density at radius 1 is 1.04 bits per heavy atom. The van der Waals surface area contributed by atoms with E-state index in [1.54, 1.807) is 24.3 Å². The molecule has 6 nitrogen and oxygen atoms in total. The van der Waals surface area contributed by atoms with Crippen molar-refractivity contribution in [1.29, 1.82) is 0 Å². The summed E-state index contributed by atoms with van der Waals surface area (Å²) in [5.41, 5.74) is -0.783. The normalized spacial score (nSPS) is 10.6. The summed E-state index contributed by atoms with van der Waals surface area (Å²) in [4.78, 5) is 38.4. The van der Waals surface area contributed by atoms with Crippen LogP contribution in [0.4, 0.5) is 18.9 Å². The molecule has 0 aliphatic rings. The van der Waals surface area contributed by atoms with Gasteiger partial charge in [0.25, 0.3) is 5.91 Å². The number of amides is 1. The fourth-order valence-electron chi connectivity index (χ4n) is 2.32. The van der Waals surface area contributed by atoms with Crippen LogP contribution in [0.15, 0.2) is 47.3 Å². The molecular formula is C18H11F3N2O4. The zero-order valence-electron chi connectivity index (χ0n) is 13.5. The highest BCUT2D eigenvalue weighted by atomic mass is 19.2. The number of H-pyrrole nitrogens is 1. The van der Waals surface area contributed by atoms with Crippen LogP contribution < -0.4 is 10.7 Å². The van der Waals surface area contributed by atoms with Gasteiger partial charge in [-0.05, 0) is 24.3 Å². The zero-order chi connectivity index (χ0) is 19.6. The van der Waals surface area contributed by atoms with E-state index < -0.39 is 47.1 Å². The number of aromatic nitrogens is 1. The Bertz CT molecular complexity index is 1110. The maximum atomic E-state index is 13.5. The minimum atomic E-state index is -1.74.